The summed E-state index contributed by atoms with van der Waals surface area (Å²) in [6, 6.07) is 14.1. The van der Waals surface area contributed by atoms with E-state index in [2.05, 4.69) is 16.0 Å². The molecule has 1 unspecified atom stereocenters. The van der Waals surface area contributed by atoms with Gasteiger partial charge in [0.2, 0.25) is 5.91 Å². The lowest BCUT2D eigenvalue weighted by Gasteiger charge is -2.35. The number of hydrogen-bond acceptors (Lipinski definition) is 5. The first-order valence-corrected chi connectivity index (χ1v) is 10.9. The minimum atomic E-state index is -0.704. The van der Waals surface area contributed by atoms with Gasteiger partial charge in [0, 0.05) is 24.3 Å². The quantitative estimate of drug-likeness (QED) is 0.588. The fourth-order valence-electron chi connectivity index (χ4n) is 3.60. The molecule has 3 amide bonds. The fourth-order valence-corrected chi connectivity index (χ4v) is 3.60. The molecule has 32 heavy (non-hydrogen) atoms. The number of ether oxygens (including phenoxy) is 1. The van der Waals surface area contributed by atoms with Crippen LogP contribution in [-0.2, 0) is 9.59 Å². The molecule has 8 nitrogen and oxygen atoms in total. The largest absolute Gasteiger partial charge is 0.477 e. The molecule has 8 heteroatoms. The molecule has 0 bridgehead atoms. The SMILES string of the molecule is CCC(CC)NC(=O)C1CN(CC(=O)Nc2ccc(C(=O)NC)cc2)c2ccccc2O1. The van der Waals surface area contributed by atoms with Crippen LogP contribution in [0.4, 0.5) is 11.4 Å². The number of anilines is 2. The highest BCUT2D eigenvalue weighted by Gasteiger charge is 2.32. The third-order valence-corrected chi connectivity index (χ3v) is 5.48. The molecule has 2 aromatic rings. The number of nitrogens with one attached hydrogen (secondary N) is 3. The highest BCUT2D eigenvalue weighted by atomic mass is 16.5. The molecular formula is C24H30N4O4. The predicted octanol–water partition coefficient (Wildman–Crippen LogP) is 2.56. The number of hydrogen-bond donors (Lipinski definition) is 3. The minimum Gasteiger partial charge on any atom is -0.477 e. The first-order chi connectivity index (χ1) is 15.4. The van der Waals surface area contributed by atoms with E-state index in [1.165, 1.54) is 0 Å². The Morgan fingerprint density at radius 3 is 2.41 bits per heavy atom. The molecule has 0 saturated heterocycles. The van der Waals surface area contributed by atoms with Crippen LogP contribution in [0.2, 0.25) is 0 Å². The first kappa shape index (κ1) is 23.1. The summed E-state index contributed by atoms with van der Waals surface area (Å²) >= 11 is 0. The van der Waals surface area contributed by atoms with Gasteiger partial charge >= 0.3 is 0 Å². The Kier molecular flexibility index (Phi) is 7.70. The zero-order valence-corrected chi connectivity index (χ0v) is 18.7. The number of rotatable bonds is 8. The van der Waals surface area contributed by atoms with Gasteiger partial charge in [-0.05, 0) is 49.2 Å². The van der Waals surface area contributed by atoms with Gasteiger partial charge in [0.25, 0.3) is 11.8 Å². The van der Waals surface area contributed by atoms with Crippen molar-refractivity contribution in [2.24, 2.45) is 0 Å². The normalized spacial score (nSPS) is 14.9. The second kappa shape index (κ2) is 10.7. The summed E-state index contributed by atoms with van der Waals surface area (Å²) in [5, 5.41) is 8.43. The lowest BCUT2D eigenvalue weighted by molar-refractivity contribution is -0.129. The van der Waals surface area contributed by atoms with Gasteiger partial charge in [0.05, 0.1) is 18.8 Å². The number of benzene rings is 2. The average Bonchev–Trinajstić information content (AvgIpc) is 2.82. The van der Waals surface area contributed by atoms with Crippen LogP contribution in [0.1, 0.15) is 37.0 Å². The third-order valence-electron chi connectivity index (χ3n) is 5.48. The lowest BCUT2D eigenvalue weighted by Crippen LogP contribution is -2.52. The Balaban J connectivity index is 1.69. The topological polar surface area (TPSA) is 99.8 Å². The molecule has 0 fully saturated rings. The van der Waals surface area contributed by atoms with Gasteiger partial charge in [0.15, 0.2) is 6.10 Å². The third kappa shape index (κ3) is 5.57. The van der Waals surface area contributed by atoms with E-state index in [0.29, 0.717) is 17.0 Å². The molecule has 0 radical (unpaired) electrons. The highest BCUT2D eigenvalue weighted by molar-refractivity contribution is 5.97. The number of carbonyl (C=O) groups excluding carboxylic acids is 3. The molecule has 3 rings (SSSR count). The summed E-state index contributed by atoms with van der Waals surface area (Å²) in [6.07, 6.45) is 0.984. The Morgan fingerprint density at radius 1 is 1.06 bits per heavy atom. The van der Waals surface area contributed by atoms with Crippen LogP contribution in [0, 0.1) is 0 Å². The monoisotopic (exact) mass is 438 g/mol. The Bertz CT molecular complexity index is 957. The molecule has 0 spiro atoms. The van der Waals surface area contributed by atoms with Crippen molar-refractivity contribution in [1.82, 2.24) is 10.6 Å². The van der Waals surface area contributed by atoms with Crippen LogP contribution in [0.3, 0.4) is 0 Å². The molecule has 0 saturated carbocycles. The van der Waals surface area contributed by atoms with Crippen LogP contribution in [0.25, 0.3) is 0 Å². The lowest BCUT2D eigenvalue weighted by atomic mass is 10.1. The van der Waals surface area contributed by atoms with E-state index < -0.39 is 6.10 Å². The number of fused-ring (bicyclic) bond motifs is 1. The smallest absolute Gasteiger partial charge is 0.263 e. The fraction of sp³-hybridized carbons (Fsp3) is 0.375. The summed E-state index contributed by atoms with van der Waals surface area (Å²) in [4.78, 5) is 39.0. The van der Waals surface area contributed by atoms with Gasteiger partial charge in [-0.2, -0.15) is 0 Å². The second-order valence-electron chi connectivity index (χ2n) is 7.68. The Labute approximate surface area is 188 Å². The van der Waals surface area contributed by atoms with Gasteiger partial charge in [-0.25, -0.2) is 0 Å². The van der Waals surface area contributed by atoms with Crippen LogP contribution < -0.4 is 25.6 Å². The zero-order chi connectivity index (χ0) is 23.1. The molecule has 170 valence electrons. The summed E-state index contributed by atoms with van der Waals surface area (Å²) in [5.74, 6) is -0.0198. The first-order valence-electron chi connectivity index (χ1n) is 10.9. The van der Waals surface area contributed by atoms with E-state index in [4.69, 9.17) is 4.74 Å². The van der Waals surface area contributed by atoms with Gasteiger partial charge in [-0.3, -0.25) is 14.4 Å². The van der Waals surface area contributed by atoms with E-state index in [1.807, 2.05) is 36.9 Å². The van der Waals surface area contributed by atoms with Gasteiger partial charge in [0.1, 0.15) is 5.75 Å². The molecule has 0 aromatic heterocycles. The predicted molar refractivity (Wildman–Crippen MR) is 124 cm³/mol. The maximum Gasteiger partial charge on any atom is 0.263 e. The van der Waals surface area contributed by atoms with Crippen LogP contribution in [0.15, 0.2) is 48.5 Å². The average molecular weight is 439 g/mol. The standard InChI is InChI=1S/C24H30N4O4/c1-4-17(5-2)27-24(31)21-14-28(19-8-6-7-9-20(19)32-21)15-22(29)26-18-12-10-16(11-13-18)23(30)25-3/h6-13,17,21H,4-5,14-15H2,1-3H3,(H,25,30)(H,26,29)(H,27,31). The van der Waals surface area contributed by atoms with Gasteiger partial charge < -0.3 is 25.6 Å². The second-order valence-corrected chi connectivity index (χ2v) is 7.68. The number of amides is 3. The molecule has 0 aliphatic carbocycles. The van der Waals surface area contributed by atoms with Crippen molar-refractivity contribution in [3.63, 3.8) is 0 Å². The molecule has 1 aliphatic heterocycles. The van der Waals surface area contributed by atoms with Gasteiger partial charge in [-0.1, -0.05) is 26.0 Å². The molecule has 2 aromatic carbocycles. The van der Waals surface area contributed by atoms with Crippen LogP contribution >= 0.6 is 0 Å². The molecule has 1 aliphatic rings. The summed E-state index contributed by atoms with van der Waals surface area (Å²) < 4.78 is 5.94. The van der Waals surface area contributed by atoms with Crippen molar-refractivity contribution in [3.05, 3.63) is 54.1 Å². The highest BCUT2D eigenvalue weighted by Crippen LogP contribution is 2.33. The van der Waals surface area contributed by atoms with Crippen LogP contribution in [-0.4, -0.2) is 50.0 Å². The summed E-state index contributed by atoms with van der Waals surface area (Å²) in [7, 11) is 1.57. The van der Waals surface area contributed by atoms with Crippen molar-refractivity contribution in [3.8, 4) is 5.75 Å². The van der Waals surface area contributed by atoms with E-state index in [-0.39, 0.29) is 36.9 Å². The van der Waals surface area contributed by atoms with Crippen LogP contribution in [0.5, 0.6) is 5.75 Å². The zero-order valence-electron chi connectivity index (χ0n) is 18.7. The summed E-state index contributed by atoms with van der Waals surface area (Å²) in [5.41, 5.74) is 1.87. The Hall–Kier alpha value is -3.55. The Morgan fingerprint density at radius 2 is 1.75 bits per heavy atom. The maximum absolute atomic E-state index is 12.8. The van der Waals surface area contributed by atoms with Crippen molar-refractivity contribution in [2.75, 3.05) is 30.4 Å². The number of nitrogens with zero attached hydrogens (tertiary/aromatic N) is 1. The van der Waals surface area contributed by atoms with E-state index in [9.17, 15) is 14.4 Å². The molecule has 3 N–H and O–H groups in total. The molecule has 1 atom stereocenters. The summed E-state index contributed by atoms with van der Waals surface area (Å²) in [6.45, 7) is 4.39. The van der Waals surface area contributed by atoms with Crippen molar-refractivity contribution in [2.45, 2.75) is 38.8 Å². The van der Waals surface area contributed by atoms with Crippen molar-refractivity contribution >= 4 is 29.1 Å². The number of carbonyl (C=O) groups is 3. The van der Waals surface area contributed by atoms with E-state index in [1.54, 1.807) is 37.4 Å². The van der Waals surface area contributed by atoms with E-state index in [0.717, 1.165) is 18.5 Å². The van der Waals surface area contributed by atoms with Crippen molar-refractivity contribution in [1.29, 1.82) is 0 Å². The van der Waals surface area contributed by atoms with Gasteiger partial charge in [-0.15, -0.1) is 0 Å². The maximum atomic E-state index is 12.8. The molecule has 1 heterocycles. The van der Waals surface area contributed by atoms with E-state index >= 15 is 0 Å². The van der Waals surface area contributed by atoms with Crippen molar-refractivity contribution < 1.29 is 19.1 Å². The molecular weight excluding hydrogens is 408 g/mol. The minimum absolute atomic E-state index is 0.0618. The number of para-hydroxylation sites is 2.